The molecule has 2 fully saturated rings. The van der Waals surface area contributed by atoms with Crippen molar-refractivity contribution in [3.8, 4) is 0 Å². The Kier molecular flexibility index (Phi) is 2.58. The van der Waals surface area contributed by atoms with Crippen LogP contribution in [0.25, 0.3) is 0 Å². The summed E-state index contributed by atoms with van der Waals surface area (Å²) < 4.78 is 17.0. The molecule has 0 N–H and O–H groups in total. The second-order valence-corrected chi connectivity index (χ2v) is 4.18. The molecule has 2 aliphatic heterocycles. The van der Waals surface area contributed by atoms with Crippen LogP contribution in [-0.2, 0) is 14.2 Å². The highest BCUT2D eigenvalue weighted by Crippen LogP contribution is 2.38. The molecule has 0 aromatic heterocycles. The third-order valence-electron chi connectivity index (χ3n) is 3.04. The molecule has 76 valence electrons. The highest BCUT2D eigenvalue weighted by molar-refractivity contribution is 4.87. The van der Waals surface area contributed by atoms with Crippen molar-refractivity contribution >= 4 is 0 Å². The van der Waals surface area contributed by atoms with E-state index in [1.807, 2.05) is 0 Å². The SMILES string of the molecule is CC(C)C1COCCC12OCCO2. The van der Waals surface area contributed by atoms with Crippen molar-refractivity contribution < 1.29 is 14.2 Å². The number of hydrogen-bond donors (Lipinski definition) is 0. The fourth-order valence-electron chi connectivity index (χ4n) is 2.27. The second kappa shape index (κ2) is 3.56. The zero-order chi connectivity index (χ0) is 9.31. The summed E-state index contributed by atoms with van der Waals surface area (Å²) in [7, 11) is 0. The van der Waals surface area contributed by atoms with E-state index in [0.29, 0.717) is 11.8 Å². The summed E-state index contributed by atoms with van der Waals surface area (Å²) in [6.07, 6.45) is 0.885. The Labute approximate surface area is 79.4 Å². The fourth-order valence-corrected chi connectivity index (χ4v) is 2.27. The summed E-state index contributed by atoms with van der Waals surface area (Å²) in [6, 6.07) is 0. The van der Waals surface area contributed by atoms with Gasteiger partial charge in [0, 0.05) is 12.3 Å². The summed E-state index contributed by atoms with van der Waals surface area (Å²) in [4.78, 5) is 0. The van der Waals surface area contributed by atoms with Crippen molar-refractivity contribution in [3.05, 3.63) is 0 Å². The van der Waals surface area contributed by atoms with Crippen molar-refractivity contribution in [1.82, 2.24) is 0 Å². The summed E-state index contributed by atoms with van der Waals surface area (Å²) in [5, 5.41) is 0. The molecular formula is C10H18O3. The molecule has 1 spiro atoms. The Morgan fingerprint density at radius 3 is 2.46 bits per heavy atom. The first kappa shape index (κ1) is 9.44. The predicted molar refractivity (Wildman–Crippen MR) is 48.4 cm³/mol. The van der Waals surface area contributed by atoms with E-state index in [9.17, 15) is 0 Å². The summed E-state index contributed by atoms with van der Waals surface area (Å²) >= 11 is 0. The van der Waals surface area contributed by atoms with E-state index < -0.39 is 0 Å². The van der Waals surface area contributed by atoms with E-state index in [1.165, 1.54) is 0 Å². The molecule has 0 bridgehead atoms. The molecular weight excluding hydrogens is 168 g/mol. The van der Waals surface area contributed by atoms with Crippen LogP contribution in [0.15, 0.2) is 0 Å². The monoisotopic (exact) mass is 186 g/mol. The van der Waals surface area contributed by atoms with Crippen molar-refractivity contribution in [2.75, 3.05) is 26.4 Å². The molecule has 0 aromatic rings. The van der Waals surface area contributed by atoms with Gasteiger partial charge in [0.25, 0.3) is 0 Å². The molecule has 3 heteroatoms. The van der Waals surface area contributed by atoms with Crippen molar-refractivity contribution in [2.24, 2.45) is 11.8 Å². The lowest BCUT2D eigenvalue weighted by Gasteiger charge is -2.41. The molecule has 2 rings (SSSR count). The molecule has 3 nitrogen and oxygen atoms in total. The first-order chi connectivity index (χ1) is 6.25. The molecule has 2 saturated heterocycles. The van der Waals surface area contributed by atoms with E-state index >= 15 is 0 Å². The molecule has 0 aromatic carbocycles. The van der Waals surface area contributed by atoms with Gasteiger partial charge in [-0.15, -0.1) is 0 Å². The number of rotatable bonds is 1. The van der Waals surface area contributed by atoms with Gasteiger partial charge >= 0.3 is 0 Å². The van der Waals surface area contributed by atoms with Gasteiger partial charge in [0.2, 0.25) is 0 Å². The third-order valence-corrected chi connectivity index (χ3v) is 3.04. The zero-order valence-corrected chi connectivity index (χ0v) is 8.41. The van der Waals surface area contributed by atoms with Gasteiger partial charge in [0.05, 0.1) is 26.4 Å². The van der Waals surface area contributed by atoms with Gasteiger partial charge in [0.1, 0.15) is 0 Å². The minimum absolute atomic E-state index is 0.313. The van der Waals surface area contributed by atoms with Gasteiger partial charge < -0.3 is 14.2 Å². The smallest absolute Gasteiger partial charge is 0.175 e. The summed E-state index contributed by atoms with van der Waals surface area (Å²) in [6.45, 7) is 7.42. The Hall–Kier alpha value is -0.120. The molecule has 2 heterocycles. The third kappa shape index (κ3) is 1.60. The fraction of sp³-hybridized carbons (Fsp3) is 1.00. The maximum atomic E-state index is 5.75. The Morgan fingerprint density at radius 2 is 1.85 bits per heavy atom. The van der Waals surface area contributed by atoms with Crippen LogP contribution >= 0.6 is 0 Å². The van der Waals surface area contributed by atoms with Crippen LogP contribution in [0.1, 0.15) is 20.3 Å². The van der Waals surface area contributed by atoms with Crippen LogP contribution in [-0.4, -0.2) is 32.2 Å². The lowest BCUT2D eigenvalue weighted by atomic mass is 9.85. The first-order valence-electron chi connectivity index (χ1n) is 5.10. The average Bonchev–Trinajstić information content (AvgIpc) is 2.54. The molecule has 2 aliphatic rings. The lowest BCUT2D eigenvalue weighted by Crippen LogP contribution is -2.48. The van der Waals surface area contributed by atoms with E-state index in [-0.39, 0.29) is 5.79 Å². The van der Waals surface area contributed by atoms with Gasteiger partial charge in [-0.1, -0.05) is 13.8 Å². The molecule has 0 radical (unpaired) electrons. The lowest BCUT2D eigenvalue weighted by molar-refractivity contribution is -0.248. The van der Waals surface area contributed by atoms with Crippen LogP contribution in [0.2, 0.25) is 0 Å². The van der Waals surface area contributed by atoms with Crippen LogP contribution in [0.4, 0.5) is 0 Å². The molecule has 0 saturated carbocycles. The second-order valence-electron chi connectivity index (χ2n) is 4.18. The number of hydrogen-bond acceptors (Lipinski definition) is 3. The van der Waals surface area contributed by atoms with E-state index in [4.69, 9.17) is 14.2 Å². The van der Waals surface area contributed by atoms with Crippen LogP contribution in [0.5, 0.6) is 0 Å². The molecule has 1 atom stereocenters. The van der Waals surface area contributed by atoms with Gasteiger partial charge in [-0.05, 0) is 5.92 Å². The molecule has 0 amide bonds. The maximum Gasteiger partial charge on any atom is 0.175 e. The van der Waals surface area contributed by atoms with Crippen LogP contribution in [0.3, 0.4) is 0 Å². The van der Waals surface area contributed by atoms with Crippen LogP contribution in [0, 0.1) is 11.8 Å². The van der Waals surface area contributed by atoms with Crippen molar-refractivity contribution in [2.45, 2.75) is 26.1 Å². The minimum Gasteiger partial charge on any atom is -0.381 e. The van der Waals surface area contributed by atoms with E-state index in [1.54, 1.807) is 0 Å². The van der Waals surface area contributed by atoms with Crippen LogP contribution < -0.4 is 0 Å². The summed E-state index contributed by atoms with van der Waals surface area (Å²) in [5.41, 5.74) is 0. The standard InChI is InChI=1S/C10H18O3/c1-8(2)9-7-11-4-3-10(9)12-5-6-13-10/h8-9H,3-7H2,1-2H3. The van der Waals surface area contributed by atoms with E-state index in [2.05, 4.69) is 13.8 Å². The van der Waals surface area contributed by atoms with Crippen molar-refractivity contribution in [1.29, 1.82) is 0 Å². The molecule has 0 aliphatic carbocycles. The van der Waals surface area contributed by atoms with Gasteiger partial charge in [-0.25, -0.2) is 0 Å². The number of ether oxygens (including phenoxy) is 3. The predicted octanol–water partition coefficient (Wildman–Crippen LogP) is 1.42. The largest absolute Gasteiger partial charge is 0.381 e. The minimum atomic E-state index is -0.313. The maximum absolute atomic E-state index is 5.75. The van der Waals surface area contributed by atoms with E-state index in [0.717, 1.165) is 32.8 Å². The topological polar surface area (TPSA) is 27.7 Å². The summed E-state index contributed by atoms with van der Waals surface area (Å²) in [5.74, 6) is 0.633. The van der Waals surface area contributed by atoms with Gasteiger partial charge in [0.15, 0.2) is 5.79 Å². The molecule has 1 unspecified atom stereocenters. The Bertz CT molecular complexity index is 173. The van der Waals surface area contributed by atoms with Gasteiger partial charge in [-0.3, -0.25) is 0 Å². The normalized spacial score (nSPS) is 33.0. The Morgan fingerprint density at radius 1 is 1.15 bits per heavy atom. The van der Waals surface area contributed by atoms with Gasteiger partial charge in [-0.2, -0.15) is 0 Å². The highest BCUT2D eigenvalue weighted by atomic mass is 16.7. The quantitative estimate of drug-likeness (QED) is 0.620. The first-order valence-corrected chi connectivity index (χ1v) is 5.10. The zero-order valence-electron chi connectivity index (χ0n) is 8.41. The molecule has 13 heavy (non-hydrogen) atoms. The highest BCUT2D eigenvalue weighted by Gasteiger charge is 2.47. The average molecular weight is 186 g/mol. The van der Waals surface area contributed by atoms with Crippen molar-refractivity contribution in [3.63, 3.8) is 0 Å². The Balaban J connectivity index is 2.12.